The van der Waals surface area contributed by atoms with E-state index in [1.54, 1.807) is 0 Å². The summed E-state index contributed by atoms with van der Waals surface area (Å²) < 4.78 is 12.5. The Balaban J connectivity index is 2.29. The van der Waals surface area contributed by atoms with Crippen LogP contribution in [0.1, 0.15) is 69.6 Å². The first-order chi connectivity index (χ1) is 13.5. The minimum absolute atomic E-state index is 0.427. The molecule has 3 heteroatoms. The molecule has 2 aromatic rings. The molecule has 154 valence electrons. The molecule has 2 rings (SSSR count). The number of nitrogens with two attached hydrogens (primary N) is 1. The summed E-state index contributed by atoms with van der Waals surface area (Å²) >= 11 is 0. The second-order valence-corrected chi connectivity index (χ2v) is 8.03. The molecular weight excluding hydrogens is 346 g/mol. The standard InChI is InChI=1S/C25H37NO2/c1-5-20(4)24-17-23(28-18-21-11-7-6-8-12-21)16-22(15-19(2)3)25(24)27-14-10-9-13-26/h6-8,11-12,16-17,19-20H,5,9-10,13-15,18,26H2,1-4H3. The highest BCUT2D eigenvalue weighted by atomic mass is 16.5. The smallest absolute Gasteiger partial charge is 0.126 e. The zero-order valence-electron chi connectivity index (χ0n) is 18.0. The predicted molar refractivity (Wildman–Crippen MR) is 118 cm³/mol. The van der Waals surface area contributed by atoms with Gasteiger partial charge in [-0.05, 0) is 67.3 Å². The third kappa shape index (κ3) is 6.87. The lowest BCUT2D eigenvalue weighted by Gasteiger charge is -2.22. The molecule has 1 atom stereocenters. The van der Waals surface area contributed by atoms with Crippen molar-refractivity contribution in [2.75, 3.05) is 13.2 Å². The minimum Gasteiger partial charge on any atom is -0.493 e. The molecule has 0 amide bonds. The Morgan fingerprint density at radius 1 is 0.964 bits per heavy atom. The van der Waals surface area contributed by atoms with Crippen LogP contribution in [0.5, 0.6) is 11.5 Å². The van der Waals surface area contributed by atoms with E-state index in [0.717, 1.165) is 43.8 Å². The molecule has 2 aromatic carbocycles. The van der Waals surface area contributed by atoms with E-state index in [9.17, 15) is 0 Å². The molecule has 0 aliphatic carbocycles. The maximum Gasteiger partial charge on any atom is 0.126 e. The van der Waals surface area contributed by atoms with E-state index in [-0.39, 0.29) is 0 Å². The fourth-order valence-corrected chi connectivity index (χ4v) is 3.28. The van der Waals surface area contributed by atoms with Gasteiger partial charge in [0.2, 0.25) is 0 Å². The van der Waals surface area contributed by atoms with Gasteiger partial charge in [0.05, 0.1) is 6.61 Å². The van der Waals surface area contributed by atoms with Crippen molar-refractivity contribution in [1.29, 1.82) is 0 Å². The van der Waals surface area contributed by atoms with Gasteiger partial charge in [-0.15, -0.1) is 0 Å². The van der Waals surface area contributed by atoms with Crippen LogP contribution in [0.15, 0.2) is 42.5 Å². The van der Waals surface area contributed by atoms with E-state index in [1.165, 1.54) is 16.7 Å². The molecule has 28 heavy (non-hydrogen) atoms. The van der Waals surface area contributed by atoms with Crippen LogP contribution in [0.25, 0.3) is 0 Å². The largest absolute Gasteiger partial charge is 0.493 e. The molecule has 1 unspecified atom stereocenters. The summed E-state index contributed by atoms with van der Waals surface area (Å²) in [6.07, 6.45) is 4.04. The zero-order valence-corrected chi connectivity index (χ0v) is 18.0. The third-order valence-corrected chi connectivity index (χ3v) is 5.03. The SMILES string of the molecule is CCC(C)c1cc(OCc2ccccc2)cc(CC(C)C)c1OCCCCN. The first kappa shape index (κ1) is 22.3. The van der Waals surface area contributed by atoms with Crippen LogP contribution in [0, 0.1) is 5.92 Å². The summed E-state index contributed by atoms with van der Waals surface area (Å²) in [4.78, 5) is 0. The van der Waals surface area contributed by atoms with Crippen molar-refractivity contribution in [3.63, 3.8) is 0 Å². The van der Waals surface area contributed by atoms with Crippen LogP contribution in [0.4, 0.5) is 0 Å². The van der Waals surface area contributed by atoms with Gasteiger partial charge in [-0.3, -0.25) is 0 Å². The normalized spacial score (nSPS) is 12.2. The highest BCUT2D eigenvalue weighted by Gasteiger charge is 2.18. The van der Waals surface area contributed by atoms with Gasteiger partial charge >= 0.3 is 0 Å². The molecule has 0 saturated heterocycles. The Bertz CT molecular complexity index is 697. The van der Waals surface area contributed by atoms with Crippen molar-refractivity contribution in [3.05, 3.63) is 59.2 Å². The van der Waals surface area contributed by atoms with Crippen molar-refractivity contribution in [3.8, 4) is 11.5 Å². The maximum atomic E-state index is 6.30. The molecule has 3 nitrogen and oxygen atoms in total. The first-order valence-electron chi connectivity index (χ1n) is 10.7. The van der Waals surface area contributed by atoms with Crippen LogP contribution < -0.4 is 15.2 Å². The van der Waals surface area contributed by atoms with E-state index in [0.29, 0.717) is 25.0 Å². The third-order valence-electron chi connectivity index (χ3n) is 5.03. The molecule has 0 heterocycles. The van der Waals surface area contributed by atoms with E-state index in [4.69, 9.17) is 15.2 Å². The van der Waals surface area contributed by atoms with Gasteiger partial charge in [0, 0.05) is 5.56 Å². The van der Waals surface area contributed by atoms with Gasteiger partial charge in [0.15, 0.2) is 0 Å². The van der Waals surface area contributed by atoms with Gasteiger partial charge in [0.1, 0.15) is 18.1 Å². The molecule has 0 radical (unpaired) electrons. The predicted octanol–water partition coefficient (Wildman–Crippen LogP) is 6.10. The van der Waals surface area contributed by atoms with Crippen molar-refractivity contribution < 1.29 is 9.47 Å². The van der Waals surface area contributed by atoms with Crippen molar-refractivity contribution >= 4 is 0 Å². The molecule has 0 spiro atoms. The lowest BCUT2D eigenvalue weighted by atomic mass is 9.92. The second kappa shape index (κ2) is 11.8. The lowest BCUT2D eigenvalue weighted by molar-refractivity contribution is 0.290. The topological polar surface area (TPSA) is 44.5 Å². The van der Waals surface area contributed by atoms with Crippen molar-refractivity contribution in [2.45, 2.75) is 65.9 Å². The number of hydrogen-bond acceptors (Lipinski definition) is 3. The summed E-state index contributed by atoms with van der Waals surface area (Å²) in [7, 11) is 0. The maximum absolute atomic E-state index is 6.30. The molecule has 0 aromatic heterocycles. The average Bonchev–Trinajstić information content (AvgIpc) is 2.70. The van der Waals surface area contributed by atoms with Gasteiger partial charge in [-0.2, -0.15) is 0 Å². The Kier molecular flexibility index (Phi) is 9.36. The molecule has 0 aliphatic rings. The summed E-state index contributed by atoms with van der Waals surface area (Å²) in [6, 6.07) is 14.7. The highest BCUT2D eigenvalue weighted by Crippen LogP contribution is 2.37. The summed E-state index contributed by atoms with van der Waals surface area (Å²) in [5.41, 5.74) is 9.33. The van der Waals surface area contributed by atoms with Crippen molar-refractivity contribution in [1.82, 2.24) is 0 Å². The summed E-state index contributed by atoms with van der Waals surface area (Å²) in [5, 5.41) is 0. The molecule has 0 fully saturated rings. The van der Waals surface area contributed by atoms with Crippen LogP contribution in [-0.2, 0) is 13.0 Å². The Hall–Kier alpha value is -2.00. The van der Waals surface area contributed by atoms with Gasteiger partial charge < -0.3 is 15.2 Å². The zero-order chi connectivity index (χ0) is 20.4. The van der Waals surface area contributed by atoms with Crippen LogP contribution in [0.3, 0.4) is 0 Å². The molecule has 0 aliphatic heterocycles. The average molecular weight is 384 g/mol. The fourth-order valence-electron chi connectivity index (χ4n) is 3.28. The first-order valence-corrected chi connectivity index (χ1v) is 10.7. The van der Waals surface area contributed by atoms with E-state index < -0.39 is 0 Å². The highest BCUT2D eigenvalue weighted by molar-refractivity contribution is 5.49. The number of hydrogen-bond donors (Lipinski definition) is 1. The van der Waals surface area contributed by atoms with Crippen LogP contribution in [0.2, 0.25) is 0 Å². The van der Waals surface area contributed by atoms with Crippen LogP contribution >= 0.6 is 0 Å². The molecular formula is C25H37NO2. The van der Waals surface area contributed by atoms with Gasteiger partial charge in [-0.25, -0.2) is 0 Å². The Morgan fingerprint density at radius 3 is 2.36 bits per heavy atom. The molecule has 0 bridgehead atoms. The lowest BCUT2D eigenvalue weighted by Crippen LogP contribution is -2.09. The van der Waals surface area contributed by atoms with Gasteiger partial charge in [-0.1, -0.05) is 58.0 Å². The second-order valence-electron chi connectivity index (χ2n) is 8.03. The van der Waals surface area contributed by atoms with Crippen molar-refractivity contribution in [2.24, 2.45) is 11.7 Å². The molecule has 0 saturated carbocycles. The molecule has 2 N–H and O–H groups in total. The summed E-state index contributed by atoms with van der Waals surface area (Å²) in [6.45, 7) is 11.0. The number of benzene rings is 2. The minimum atomic E-state index is 0.427. The summed E-state index contributed by atoms with van der Waals surface area (Å²) in [5.74, 6) is 2.98. The van der Waals surface area contributed by atoms with Gasteiger partial charge in [0.25, 0.3) is 0 Å². The Morgan fingerprint density at radius 2 is 1.71 bits per heavy atom. The van der Waals surface area contributed by atoms with E-state index in [1.807, 2.05) is 18.2 Å². The number of unbranched alkanes of at least 4 members (excludes halogenated alkanes) is 1. The quantitative estimate of drug-likeness (QED) is 0.451. The van der Waals surface area contributed by atoms with E-state index >= 15 is 0 Å². The monoisotopic (exact) mass is 383 g/mol. The number of ether oxygens (including phenoxy) is 2. The van der Waals surface area contributed by atoms with Crippen LogP contribution in [-0.4, -0.2) is 13.2 Å². The Labute approximate surface area is 171 Å². The number of rotatable bonds is 12. The fraction of sp³-hybridized carbons (Fsp3) is 0.520. The van der Waals surface area contributed by atoms with E-state index in [2.05, 4.69) is 52.0 Å².